The number of nitrogens with zero attached hydrogens (tertiary/aromatic N) is 2. The van der Waals surface area contributed by atoms with E-state index in [2.05, 4.69) is 79.2 Å². The molecule has 164 valence electrons. The monoisotopic (exact) mass is 408 g/mol. The van der Waals surface area contributed by atoms with Crippen LogP contribution in [0.2, 0.25) is 0 Å². The molecule has 0 saturated carbocycles. The molecule has 1 aliphatic heterocycles. The minimum atomic E-state index is 0.662. The first-order valence-corrected chi connectivity index (χ1v) is 11.8. The average molecular weight is 409 g/mol. The zero-order valence-electron chi connectivity index (χ0n) is 19.4. The van der Waals surface area contributed by atoms with Gasteiger partial charge in [-0.15, -0.1) is 0 Å². The Balaban J connectivity index is 0.000000806. The van der Waals surface area contributed by atoms with Crippen LogP contribution in [0.25, 0.3) is 0 Å². The fourth-order valence-electron chi connectivity index (χ4n) is 4.81. The normalized spacial score (nSPS) is 19.7. The molecule has 0 N–H and O–H groups in total. The first kappa shape index (κ1) is 22.8. The standard InChI is InChI=1S/C24H32N2O.C3H8/c1-25(23-10-8-20-9-11-24(27-2)17-21(20)16-23)22-12-14-26(15-13-22)18-19-6-4-3-5-7-19;1-3-2/h3-7,9,11,17,22-23H,8,10,12-16,18H2,1-2H3;3H2,1-2H3. The van der Waals surface area contributed by atoms with Gasteiger partial charge in [0.05, 0.1) is 7.11 Å². The van der Waals surface area contributed by atoms with E-state index in [9.17, 15) is 0 Å². The van der Waals surface area contributed by atoms with Crippen molar-refractivity contribution in [1.82, 2.24) is 9.80 Å². The molecule has 4 rings (SSSR count). The van der Waals surface area contributed by atoms with Crippen molar-refractivity contribution in [2.45, 2.75) is 71.0 Å². The summed E-state index contributed by atoms with van der Waals surface area (Å²) in [6.07, 6.45) is 7.45. The lowest BCUT2D eigenvalue weighted by Gasteiger charge is -2.42. The van der Waals surface area contributed by atoms with Gasteiger partial charge in [-0.1, -0.05) is 56.7 Å². The van der Waals surface area contributed by atoms with Crippen LogP contribution in [0, 0.1) is 0 Å². The van der Waals surface area contributed by atoms with Gasteiger partial charge in [0.25, 0.3) is 0 Å². The van der Waals surface area contributed by atoms with Gasteiger partial charge in [0.2, 0.25) is 0 Å². The quantitative estimate of drug-likeness (QED) is 0.644. The largest absolute Gasteiger partial charge is 0.497 e. The molecule has 30 heavy (non-hydrogen) atoms. The minimum Gasteiger partial charge on any atom is -0.497 e. The third-order valence-corrected chi connectivity index (χ3v) is 6.57. The van der Waals surface area contributed by atoms with Crippen LogP contribution in [0.15, 0.2) is 48.5 Å². The number of rotatable bonds is 5. The van der Waals surface area contributed by atoms with Crippen LogP contribution in [-0.2, 0) is 19.4 Å². The van der Waals surface area contributed by atoms with Gasteiger partial charge in [0.15, 0.2) is 0 Å². The number of likely N-dealkylation sites (tertiary alicyclic amines) is 1. The second-order valence-corrected chi connectivity index (χ2v) is 8.90. The molecule has 1 fully saturated rings. The van der Waals surface area contributed by atoms with Gasteiger partial charge in [-0.25, -0.2) is 0 Å². The maximum atomic E-state index is 5.43. The van der Waals surface area contributed by atoms with Crippen LogP contribution in [-0.4, -0.2) is 49.1 Å². The van der Waals surface area contributed by atoms with E-state index in [1.807, 2.05) is 0 Å². The number of hydrogen-bond acceptors (Lipinski definition) is 3. The van der Waals surface area contributed by atoms with Crippen molar-refractivity contribution in [3.8, 4) is 5.75 Å². The maximum absolute atomic E-state index is 5.43. The Labute approximate surface area is 184 Å². The van der Waals surface area contributed by atoms with Crippen LogP contribution in [0.1, 0.15) is 56.2 Å². The molecular weight excluding hydrogens is 368 g/mol. The number of aryl methyl sites for hydroxylation is 1. The summed E-state index contributed by atoms with van der Waals surface area (Å²) >= 11 is 0. The van der Waals surface area contributed by atoms with Crippen LogP contribution in [0.5, 0.6) is 5.75 Å². The Morgan fingerprint density at radius 2 is 1.63 bits per heavy atom. The van der Waals surface area contributed by atoms with E-state index in [-0.39, 0.29) is 0 Å². The van der Waals surface area contributed by atoms with Crippen molar-refractivity contribution in [3.05, 3.63) is 65.2 Å². The second kappa shape index (κ2) is 11.5. The van der Waals surface area contributed by atoms with Crippen molar-refractivity contribution in [3.63, 3.8) is 0 Å². The zero-order valence-corrected chi connectivity index (χ0v) is 19.4. The van der Waals surface area contributed by atoms with Gasteiger partial charge >= 0.3 is 0 Å². The van der Waals surface area contributed by atoms with Crippen LogP contribution in [0.4, 0.5) is 0 Å². The van der Waals surface area contributed by atoms with E-state index in [0.29, 0.717) is 12.1 Å². The van der Waals surface area contributed by atoms with Crippen LogP contribution in [0.3, 0.4) is 0 Å². The smallest absolute Gasteiger partial charge is 0.119 e. The van der Waals surface area contributed by atoms with E-state index in [1.165, 1.54) is 61.9 Å². The number of benzene rings is 2. The molecule has 3 heteroatoms. The molecule has 1 unspecified atom stereocenters. The van der Waals surface area contributed by atoms with E-state index in [4.69, 9.17) is 4.74 Å². The third-order valence-electron chi connectivity index (χ3n) is 6.57. The topological polar surface area (TPSA) is 15.7 Å². The fourth-order valence-corrected chi connectivity index (χ4v) is 4.81. The van der Waals surface area contributed by atoms with Gasteiger partial charge in [-0.05, 0) is 81.1 Å². The summed E-state index contributed by atoms with van der Waals surface area (Å²) in [5.74, 6) is 0.992. The van der Waals surface area contributed by atoms with Gasteiger partial charge < -0.3 is 9.64 Å². The van der Waals surface area contributed by atoms with Crippen molar-refractivity contribution >= 4 is 0 Å². The average Bonchev–Trinajstić information content (AvgIpc) is 2.79. The summed E-state index contributed by atoms with van der Waals surface area (Å²) in [5, 5.41) is 0. The third kappa shape index (κ3) is 6.09. The molecule has 1 atom stereocenters. The highest BCUT2D eigenvalue weighted by Gasteiger charge is 2.29. The van der Waals surface area contributed by atoms with Crippen LogP contribution >= 0.6 is 0 Å². The van der Waals surface area contributed by atoms with Crippen molar-refractivity contribution in [2.75, 3.05) is 27.2 Å². The molecular formula is C27H40N2O. The first-order valence-electron chi connectivity index (χ1n) is 11.8. The summed E-state index contributed by atoms with van der Waals surface area (Å²) in [7, 11) is 4.12. The van der Waals surface area contributed by atoms with Crippen LogP contribution < -0.4 is 4.74 Å². The number of likely N-dealkylation sites (N-methyl/N-ethyl adjacent to an activating group) is 1. The molecule has 0 radical (unpaired) electrons. The Morgan fingerprint density at radius 3 is 2.30 bits per heavy atom. The lowest BCUT2D eigenvalue weighted by atomic mass is 9.86. The lowest BCUT2D eigenvalue weighted by molar-refractivity contribution is 0.0871. The summed E-state index contributed by atoms with van der Waals surface area (Å²) in [6, 6.07) is 18.9. The van der Waals surface area contributed by atoms with Gasteiger partial charge in [0.1, 0.15) is 5.75 Å². The molecule has 1 saturated heterocycles. The fraction of sp³-hybridized carbons (Fsp3) is 0.556. The van der Waals surface area contributed by atoms with Crippen molar-refractivity contribution in [2.24, 2.45) is 0 Å². The highest BCUT2D eigenvalue weighted by atomic mass is 16.5. The molecule has 2 aromatic carbocycles. The Kier molecular flexibility index (Phi) is 8.77. The Morgan fingerprint density at radius 1 is 0.933 bits per heavy atom. The molecule has 1 heterocycles. The summed E-state index contributed by atoms with van der Waals surface area (Å²) in [4.78, 5) is 5.29. The van der Waals surface area contributed by atoms with Gasteiger partial charge in [0, 0.05) is 18.6 Å². The second-order valence-electron chi connectivity index (χ2n) is 8.90. The number of piperidine rings is 1. The number of hydrogen-bond donors (Lipinski definition) is 0. The molecule has 0 bridgehead atoms. The minimum absolute atomic E-state index is 0.662. The van der Waals surface area contributed by atoms with Crippen molar-refractivity contribution in [1.29, 1.82) is 0 Å². The summed E-state index contributed by atoms with van der Waals surface area (Å²) in [6.45, 7) is 7.76. The molecule has 1 aliphatic carbocycles. The molecule has 0 spiro atoms. The summed E-state index contributed by atoms with van der Waals surface area (Å²) in [5.41, 5.74) is 4.43. The van der Waals surface area contributed by atoms with Crippen molar-refractivity contribution < 1.29 is 4.74 Å². The molecule has 0 aromatic heterocycles. The molecule has 2 aromatic rings. The SMILES string of the molecule is CCC.COc1ccc2c(c1)CC(N(C)C1CCN(Cc3ccccc3)CC1)CC2. The maximum Gasteiger partial charge on any atom is 0.119 e. The first-order chi connectivity index (χ1) is 14.6. The van der Waals surface area contributed by atoms with E-state index in [0.717, 1.165) is 18.7 Å². The Hall–Kier alpha value is -1.84. The van der Waals surface area contributed by atoms with E-state index >= 15 is 0 Å². The van der Waals surface area contributed by atoms with Gasteiger partial charge in [-0.3, -0.25) is 4.90 Å². The highest BCUT2D eigenvalue weighted by molar-refractivity contribution is 5.38. The molecule has 2 aliphatic rings. The summed E-state index contributed by atoms with van der Waals surface area (Å²) < 4.78 is 5.43. The van der Waals surface area contributed by atoms with Gasteiger partial charge in [-0.2, -0.15) is 0 Å². The predicted molar refractivity (Wildman–Crippen MR) is 127 cm³/mol. The molecule has 3 nitrogen and oxygen atoms in total. The van der Waals surface area contributed by atoms with E-state index in [1.54, 1.807) is 7.11 Å². The highest BCUT2D eigenvalue weighted by Crippen LogP contribution is 2.30. The predicted octanol–water partition coefficient (Wildman–Crippen LogP) is 5.57. The number of ether oxygens (including phenoxy) is 1. The lowest BCUT2D eigenvalue weighted by Crippen LogP contribution is -2.48. The number of methoxy groups -OCH3 is 1. The number of fused-ring (bicyclic) bond motifs is 1. The Bertz CT molecular complexity index is 753. The van der Waals surface area contributed by atoms with E-state index < -0.39 is 0 Å². The zero-order chi connectivity index (χ0) is 21.3. The molecule has 0 amide bonds.